The highest BCUT2D eigenvalue weighted by atomic mass is 16.3. The second-order valence-corrected chi connectivity index (χ2v) is 4.82. The van der Waals surface area contributed by atoms with E-state index < -0.39 is 12.0 Å². The summed E-state index contributed by atoms with van der Waals surface area (Å²) in [5, 5.41) is 21.4. The first-order chi connectivity index (χ1) is 7.56. The molecule has 0 aromatic carbocycles. The molecule has 0 aliphatic heterocycles. The molecule has 0 bridgehead atoms. The molecule has 1 aliphatic rings. The van der Waals surface area contributed by atoms with Crippen LogP contribution in [0.2, 0.25) is 0 Å². The van der Waals surface area contributed by atoms with Crippen LogP contribution in [-0.4, -0.2) is 23.2 Å². The van der Waals surface area contributed by atoms with Crippen LogP contribution in [0.25, 0.3) is 0 Å². The number of nitrogens with zero attached hydrogens (tertiary/aromatic N) is 1. The van der Waals surface area contributed by atoms with E-state index in [0.29, 0.717) is 0 Å². The van der Waals surface area contributed by atoms with Crippen LogP contribution < -0.4 is 5.32 Å². The third kappa shape index (κ3) is 3.21. The Bertz CT molecular complexity index is 283. The molecule has 0 aromatic rings. The van der Waals surface area contributed by atoms with E-state index in [1.165, 1.54) is 0 Å². The molecule has 1 amide bonds. The number of hydrogen-bond donors (Lipinski definition) is 2. The second-order valence-electron chi connectivity index (χ2n) is 4.82. The molecule has 3 atom stereocenters. The third-order valence-electron chi connectivity index (χ3n) is 3.15. The van der Waals surface area contributed by atoms with Crippen LogP contribution in [0.4, 0.5) is 0 Å². The minimum absolute atomic E-state index is 0.00531. The number of hydrogen-bond acceptors (Lipinski definition) is 3. The van der Waals surface area contributed by atoms with Crippen molar-refractivity contribution in [2.75, 3.05) is 0 Å². The van der Waals surface area contributed by atoms with Gasteiger partial charge in [-0.3, -0.25) is 4.79 Å². The second kappa shape index (κ2) is 5.86. The summed E-state index contributed by atoms with van der Waals surface area (Å²) in [7, 11) is 0. The van der Waals surface area contributed by atoms with Crippen LogP contribution >= 0.6 is 0 Å². The van der Waals surface area contributed by atoms with Gasteiger partial charge in [-0.15, -0.1) is 0 Å². The Kier molecular flexibility index (Phi) is 4.75. The zero-order valence-corrected chi connectivity index (χ0v) is 9.94. The van der Waals surface area contributed by atoms with Gasteiger partial charge >= 0.3 is 0 Å². The standard InChI is InChI=1S/C12H20N2O2/c1-8(2)9(7-13)12(16)14-10-5-3-4-6-11(10)15/h8-11,15H,3-6H2,1-2H3,(H,14,16). The average molecular weight is 224 g/mol. The van der Waals surface area contributed by atoms with Crippen LogP contribution in [0.15, 0.2) is 0 Å². The normalized spacial score (nSPS) is 27.2. The van der Waals surface area contributed by atoms with E-state index >= 15 is 0 Å². The molecular formula is C12H20N2O2. The quantitative estimate of drug-likeness (QED) is 0.756. The SMILES string of the molecule is CC(C)C(C#N)C(=O)NC1CCCCC1O. The smallest absolute Gasteiger partial charge is 0.237 e. The number of nitrogens with one attached hydrogen (secondary N) is 1. The Balaban J connectivity index is 2.52. The van der Waals surface area contributed by atoms with Gasteiger partial charge in [-0.05, 0) is 18.8 Å². The van der Waals surface area contributed by atoms with Crippen molar-refractivity contribution in [3.8, 4) is 6.07 Å². The van der Waals surface area contributed by atoms with Crippen molar-refractivity contribution in [2.45, 2.75) is 51.7 Å². The third-order valence-corrected chi connectivity index (χ3v) is 3.15. The molecule has 0 heterocycles. The maximum absolute atomic E-state index is 11.8. The lowest BCUT2D eigenvalue weighted by Gasteiger charge is -2.29. The lowest BCUT2D eigenvalue weighted by molar-refractivity contribution is -0.126. The molecule has 1 saturated carbocycles. The van der Waals surface area contributed by atoms with Gasteiger partial charge in [0.05, 0.1) is 18.2 Å². The van der Waals surface area contributed by atoms with Crippen LogP contribution in [-0.2, 0) is 4.79 Å². The van der Waals surface area contributed by atoms with Crippen molar-refractivity contribution in [3.05, 3.63) is 0 Å². The molecule has 0 saturated heterocycles. The van der Waals surface area contributed by atoms with Crippen LogP contribution in [0.1, 0.15) is 39.5 Å². The fourth-order valence-electron chi connectivity index (χ4n) is 2.06. The Labute approximate surface area is 96.6 Å². The van der Waals surface area contributed by atoms with Crippen LogP contribution in [0.3, 0.4) is 0 Å². The summed E-state index contributed by atoms with van der Waals surface area (Å²) < 4.78 is 0. The number of carbonyl (C=O) groups is 1. The minimum Gasteiger partial charge on any atom is -0.391 e. The van der Waals surface area contributed by atoms with E-state index in [1.807, 2.05) is 19.9 Å². The summed E-state index contributed by atoms with van der Waals surface area (Å²) in [6, 6.07) is 1.84. The van der Waals surface area contributed by atoms with Crippen molar-refractivity contribution in [1.82, 2.24) is 5.32 Å². The molecule has 16 heavy (non-hydrogen) atoms. The van der Waals surface area contributed by atoms with Crippen LogP contribution in [0.5, 0.6) is 0 Å². The highest BCUT2D eigenvalue weighted by Gasteiger charge is 2.28. The van der Waals surface area contributed by atoms with Gasteiger partial charge in [0.25, 0.3) is 0 Å². The Morgan fingerprint density at radius 2 is 2.06 bits per heavy atom. The molecule has 1 aliphatic carbocycles. The highest BCUT2D eigenvalue weighted by molar-refractivity contribution is 5.81. The number of nitriles is 1. The van der Waals surface area contributed by atoms with E-state index in [0.717, 1.165) is 25.7 Å². The van der Waals surface area contributed by atoms with E-state index in [1.54, 1.807) is 0 Å². The van der Waals surface area contributed by atoms with Crippen molar-refractivity contribution in [2.24, 2.45) is 11.8 Å². The maximum atomic E-state index is 11.8. The molecular weight excluding hydrogens is 204 g/mol. The Morgan fingerprint density at radius 3 is 2.56 bits per heavy atom. The predicted molar refractivity (Wildman–Crippen MR) is 60.3 cm³/mol. The molecule has 0 aromatic heterocycles. The lowest BCUT2D eigenvalue weighted by atomic mass is 9.91. The van der Waals surface area contributed by atoms with Crippen molar-refractivity contribution in [3.63, 3.8) is 0 Å². The highest BCUT2D eigenvalue weighted by Crippen LogP contribution is 2.19. The van der Waals surface area contributed by atoms with Gasteiger partial charge < -0.3 is 10.4 Å². The molecule has 1 fully saturated rings. The fourth-order valence-corrected chi connectivity index (χ4v) is 2.06. The van der Waals surface area contributed by atoms with Gasteiger partial charge in [0.2, 0.25) is 5.91 Å². The molecule has 2 N–H and O–H groups in total. The lowest BCUT2D eigenvalue weighted by Crippen LogP contribution is -2.47. The number of carbonyl (C=O) groups excluding carboxylic acids is 1. The monoisotopic (exact) mass is 224 g/mol. The Hall–Kier alpha value is -1.08. The first-order valence-electron chi connectivity index (χ1n) is 5.94. The zero-order valence-electron chi connectivity index (χ0n) is 9.94. The molecule has 0 radical (unpaired) electrons. The summed E-state index contributed by atoms with van der Waals surface area (Å²) in [6.07, 6.45) is 3.14. The summed E-state index contributed by atoms with van der Waals surface area (Å²) in [6.45, 7) is 3.70. The molecule has 4 heteroatoms. The van der Waals surface area contributed by atoms with E-state index in [9.17, 15) is 9.90 Å². The average Bonchev–Trinajstić information content (AvgIpc) is 2.22. The van der Waals surface area contributed by atoms with Gasteiger partial charge in [0.1, 0.15) is 5.92 Å². The fraction of sp³-hybridized carbons (Fsp3) is 0.833. The molecule has 0 spiro atoms. The first kappa shape index (κ1) is 13.0. The topological polar surface area (TPSA) is 73.1 Å². The summed E-state index contributed by atoms with van der Waals surface area (Å²) in [5.41, 5.74) is 0. The summed E-state index contributed by atoms with van der Waals surface area (Å²) >= 11 is 0. The van der Waals surface area contributed by atoms with Gasteiger partial charge in [0, 0.05) is 0 Å². The van der Waals surface area contributed by atoms with E-state index in [4.69, 9.17) is 5.26 Å². The van der Waals surface area contributed by atoms with Gasteiger partial charge in [0.15, 0.2) is 0 Å². The van der Waals surface area contributed by atoms with Gasteiger partial charge in [-0.25, -0.2) is 0 Å². The zero-order chi connectivity index (χ0) is 12.1. The summed E-state index contributed by atoms with van der Waals surface area (Å²) in [5.74, 6) is -0.858. The summed E-state index contributed by atoms with van der Waals surface area (Å²) in [4.78, 5) is 11.8. The molecule has 1 rings (SSSR count). The van der Waals surface area contributed by atoms with E-state index in [2.05, 4.69) is 5.32 Å². The molecule has 90 valence electrons. The number of rotatable bonds is 3. The van der Waals surface area contributed by atoms with Crippen molar-refractivity contribution >= 4 is 5.91 Å². The van der Waals surface area contributed by atoms with Crippen molar-refractivity contribution in [1.29, 1.82) is 5.26 Å². The van der Waals surface area contributed by atoms with Crippen molar-refractivity contribution < 1.29 is 9.90 Å². The predicted octanol–water partition coefficient (Wildman–Crippen LogP) is 1.20. The maximum Gasteiger partial charge on any atom is 0.237 e. The number of aliphatic hydroxyl groups is 1. The molecule has 3 unspecified atom stereocenters. The van der Waals surface area contributed by atoms with Gasteiger partial charge in [-0.1, -0.05) is 26.7 Å². The van der Waals surface area contributed by atoms with Gasteiger partial charge in [-0.2, -0.15) is 5.26 Å². The minimum atomic E-state index is -0.617. The Morgan fingerprint density at radius 1 is 1.44 bits per heavy atom. The van der Waals surface area contributed by atoms with Crippen LogP contribution in [0, 0.1) is 23.2 Å². The number of aliphatic hydroxyl groups excluding tert-OH is 1. The number of amides is 1. The van der Waals surface area contributed by atoms with E-state index in [-0.39, 0.29) is 17.9 Å². The largest absolute Gasteiger partial charge is 0.391 e. The molecule has 4 nitrogen and oxygen atoms in total. The first-order valence-corrected chi connectivity index (χ1v) is 5.94.